The predicted molar refractivity (Wildman–Crippen MR) is 101 cm³/mol. The molecule has 1 aliphatic carbocycles. The Morgan fingerprint density at radius 3 is 2.77 bits per heavy atom. The summed E-state index contributed by atoms with van der Waals surface area (Å²) in [6, 6.07) is 7.18. The number of rotatable bonds is 5. The van der Waals surface area contributed by atoms with Gasteiger partial charge in [0.15, 0.2) is 6.04 Å². The maximum atomic E-state index is 12.5. The van der Waals surface area contributed by atoms with Crippen molar-refractivity contribution in [2.45, 2.75) is 57.7 Å². The molecule has 1 saturated heterocycles. The van der Waals surface area contributed by atoms with Crippen LogP contribution in [-0.4, -0.2) is 50.8 Å². The molecule has 1 aromatic rings. The van der Waals surface area contributed by atoms with Gasteiger partial charge in [-0.15, -0.1) is 0 Å². The Hall–Kier alpha value is -1.59. The third kappa shape index (κ3) is 4.04. The van der Waals surface area contributed by atoms with Crippen LogP contribution < -0.4 is 19.9 Å². The summed E-state index contributed by atoms with van der Waals surface area (Å²) in [5, 5.41) is 3.27. The van der Waals surface area contributed by atoms with Gasteiger partial charge in [-0.1, -0.05) is 12.8 Å². The van der Waals surface area contributed by atoms with E-state index in [0.29, 0.717) is 6.04 Å². The van der Waals surface area contributed by atoms with Crippen LogP contribution in [0.2, 0.25) is 0 Å². The van der Waals surface area contributed by atoms with Gasteiger partial charge in [0.1, 0.15) is 38.5 Å². The van der Waals surface area contributed by atoms with Gasteiger partial charge < -0.3 is 19.9 Å². The third-order valence-corrected chi connectivity index (χ3v) is 6.51. The first kappa shape index (κ1) is 17.8. The molecule has 3 N–H and O–H groups in total. The molecular formula is C21H33N3O2+2. The fourth-order valence-corrected chi connectivity index (χ4v) is 4.75. The highest BCUT2D eigenvalue weighted by Crippen LogP contribution is 2.25. The molecule has 1 amide bonds. The molecule has 4 rings (SSSR count). The number of hydrogen-bond donors (Lipinski definition) is 3. The van der Waals surface area contributed by atoms with E-state index >= 15 is 0 Å². The quantitative estimate of drug-likeness (QED) is 0.655. The number of fused-ring (bicyclic) bond motifs is 1. The second kappa shape index (κ2) is 7.97. The van der Waals surface area contributed by atoms with Crippen LogP contribution in [0.1, 0.15) is 43.7 Å². The molecule has 2 heterocycles. The lowest BCUT2D eigenvalue weighted by atomic mass is 10.1. The van der Waals surface area contributed by atoms with E-state index in [0.717, 1.165) is 64.3 Å². The number of benzene rings is 1. The number of hydrogen-bond acceptors (Lipinski definition) is 2. The normalized spacial score (nSPS) is 27.0. The molecule has 0 bridgehead atoms. The molecular weight excluding hydrogens is 326 g/mol. The second-order valence-corrected chi connectivity index (χ2v) is 8.34. The molecule has 2 aliphatic heterocycles. The zero-order valence-electron chi connectivity index (χ0n) is 16.0. The van der Waals surface area contributed by atoms with Crippen molar-refractivity contribution in [1.82, 2.24) is 5.32 Å². The van der Waals surface area contributed by atoms with Crippen molar-refractivity contribution in [2.24, 2.45) is 0 Å². The Kier molecular flexibility index (Phi) is 5.46. The average molecular weight is 360 g/mol. The maximum absolute atomic E-state index is 12.5. The van der Waals surface area contributed by atoms with E-state index in [9.17, 15) is 4.79 Å². The smallest absolute Gasteiger partial charge is 0.278 e. The molecule has 5 heteroatoms. The Bertz CT molecular complexity index is 634. The van der Waals surface area contributed by atoms with Crippen molar-refractivity contribution in [2.75, 3.05) is 32.8 Å². The van der Waals surface area contributed by atoms with Crippen molar-refractivity contribution in [1.29, 1.82) is 0 Å². The van der Waals surface area contributed by atoms with E-state index in [4.69, 9.17) is 4.74 Å². The summed E-state index contributed by atoms with van der Waals surface area (Å²) in [7, 11) is 0. The van der Waals surface area contributed by atoms with Crippen molar-refractivity contribution in [3.63, 3.8) is 0 Å². The van der Waals surface area contributed by atoms with Gasteiger partial charge in [0.25, 0.3) is 5.91 Å². The molecule has 1 atom stereocenters. The van der Waals surface area contributed by atoms with Crippen LogP contribution in [0, 0.1) is 0 Å². The summed E-state index contributed by atoms with van der Waals surface area (Å²) in [6.45, 7) is 8.47. The summed E-state index contributed by atoms with van der Waals surface area (Å²) in [4.78, 5) is 15.6. The zero-order chi connectivity index (χ0) is 17.9. The van der Waals surface area contributed by atoms with Crippen molar-refractivity contribution < 1.29 is 19.3 Å². The first-order valence-corrected chi connectivity index (χ1v) is 10.4. The van der Waals surface area contributed by atoms with E-state index in [2.05, 4.69) is 30.4 Å². The van der Waals surface area contributed by atoms with E-state index in [-0.39, 0.29) is 11.9 Å². The van der Waals surface area contributed by atoms with Crippen LogP contribution in [0.3, 0.4) is 0 Å². The van der Waals surface area contributed by atoms with Gasteiger partial charge in [0, 0.05) is 18.0 Å². The minimum Gasteiger partial charge on any atom is -0.493 e. The number of carbonyl (C=O) groups is 1. The van der Waals surface area contributed by atoms with Crippen molar-refractivity contribution >= 4 is 5.91 Å². The Morgan fingerprint density at radius 2 is 2.00 bits per heavy atom. The molecule has 0 aromatic heterocycles. The Balaban J connectivity index is 1.25. The summed E-state index contributed by atoms with van der Waals surface area (Å²) < 4.78 is 5.61. The Labute approximate surface area is 156 Å². The van der Waals surface area contributed by atoms with Crippen LogP contribution in [0.4, 0.5) is 0 Å². The van der Waals surface area contributed by atoms with E-state index < -0.39 is 0 Å². The summed E-state index contributed by atoms with van der Waals surface area (Å²) >= 11 is 0. The van der Waals surface area contributed by atoms with E-state index in [1.54, 1.807) is 4.90 Å². The second-order valence-electron chi connectivity index (χ2n) is 8.34. The van der Waals surface area contributed by atoms with Gasteiger partial charge in [-0.05, 0) is 43.5 Å². The van der Waals surface area contributed by atoms with Crippen LogP contribution in [-0.2, 0) is 17.8 Å². The molecule has 3 aliphatic rings. The molecule has 1 saturated carbocycles. The standard InChI is InChI=1S/C21H31N3O2/c1-16(21(25)22-19-4-2-3-5-19)24-11-9-23(10-12-24)15-17-6-7-20-18(14-17)8-13-26-20/h6-7,14,16,19H,2-5,8-13,15H2,1H3,(H,22,25)/p+2/t16-/m0/s1. The van der Waals surface area contributed by atoms with Gasteiger partial charge in [-0.25, -0.2) is 0 Å². The van der Waals surface area contributed by atoms with Crippen LogP contribution in [0.15, 0.2) is 18.2 Å². The van der Waals surface area contributed by atoms with Crippen LogP contribution in [0.25, 0.3) is 0 Å². The molecule has 5 nitrogen and oxygen atoms in total. The average Bonchev–Trinajstić information content (AvgIpc) is 3.33. The minimum absolute atomic E-state index is 0.0780. The van der Waals surface area contributed by atoms with Gasteiger partial charge in [0.2, 0.25) is 0 Å². The molecule has 0 unspecified atom stereocenters. The van der Waals surface area contributed by atoms with E-state index in [1.165, 1.54) is 28.9 Å². The van der Waals surface area contributed by atoms with Gasteiger partial charge >= 0.3 is 0 Å². The molecule has 1 aromatic carbocycles. The van der Waals surface area contributed by atoms with Crippen molar-refractivity contribution in [3.05, 3.63) is 29.3 Å². The number of carbonyl (C=O) groups excluding carboxylic acids is 1. The summed E-state index contributed by atoms with van der Waals surface area (Å²) in [5.74, 6) is 1.33. The third-order valence-electron chi connectivity index (χ3n) is 6.51. The van der Waals surface area contributed by atoms with Crippen LogP contribution >= 0.6 is 0 Å². The van der Waals surface area contributed by atoms with Gasteiger partial charge in [0.05, 0.1) is 6.61 Å². The van der Waals surface area contributed by atoms with Gasteiger partial charge in [-0.3, -0.25) is 4.79 Å². The molecule has 0 spiro atoms. The maximum Gasteiger partial charge on any atom is 0.278 e. The topological polar surface area (TPSA) is 47.2 Å². The lowest BCUT2D eigenvalue weighted by molar-refractivity contribution is -1.02. The number of ether oxygens (including phenoxy) is 1. The largest absolute Gasteiger partial charge is 0.493 e. The highest BCUT2D eigenvalue weighted by atomic mass is 16.5. The lowest BCUT2D eigenvalue weighted by Crippen LogP contribution is -3.29. The molecule has 26 heavy (non-hydrogen) atoms. The first-order valence-electron chi connectivity index (χ1n) is 10.4. The predicted octanol–water partition coefficient (Wildman–Crippen LogP) is -0.648. The van der Waals surface area contributed by atoms with E-state index in [1.807, 2.05) is 0 Å². The Morgan fingerprint density at radius 1 is 1.23 bits per heavy atom. The lowest BCUT2D eigenvalue weighted by Gasteiger charge is -2.33. The highest BCUT2D eigenvalue weighted by Gasteiger charge is 2.32. The van der Waals surface area contributed by atoms with Crippen LogP contribution in [0.5, 0.6) is 5.75 Å². The summed E-state index contributed by atoms with van der Waals surface area (Å²) in [5.41, 5.74) is 2.78. The molecule has 142 valence electrons. The molecule has 2 fully saturated rings. The number of nitrogens with one attached hydrogen (secondary N) is 3. The van der Waals surface area contributed by atoms with Gasteiger partial charge in [-0.2, -0.15) is 0 Å². The summed E-state index contributed by atoms with van der Waals surface area (Å²) in [6.07, 6.45) is 5.91. The SMILES string of the molecule is C[C@@H](C(=O)NC1CCCC1)[NH+]1CC[NH+](Cc2ccc3c(c2)CCO3)CC1. The number of quaternary nitrogens is 2. The van der Waals surface area contributed by atoms with Crippen molar-refractivity contribution in [3.8, 4) is 5.75 Å². The number of piperazine rings is 1. The monoisotopic (exact) mass is 359 g/mol. The highest BCUT2D eigenvalue weighted by molar-refractivity contribution is 5.80. The fourth-order valence-electron chi connectivity index (χ4n) is 4.75. The fraction of sp³-hybridized carbons (Fsp3) is 0.667. The first-order chi connectivity index (χ1) is 12.7. The number of amides is 1. The molecule has 0 radical (unpaired) electrons. The zero-order valence-corrected chi connectivity index (χ0v) is 16.0. The minimum atomic E-state index is 0.0780.